The van der Waals surface area contributed by atoms with Gasteiger partial charge < -0.3 is 15.4 Å². The second-order valence-electron chi connectivity index (χ2n) is 9.58. The number of benzene rings is 3. The lowest BCUT2D eigenvalue weighted by Gasteiger charge is -2.24. The molecule has 2 unspecified atom stereocenters. The van der Waals surface area contributed by atoms with Gasteiger partial charge in [0.05, 0.1) is 29.4 Å². The number of aliphatic hydroxyl groups is 1. The minimum atomic E-state index is -0.336. The molecule has 0 spiro atoms. The monoisotopic (exact) mass is 472 g/mol. The normalized spacial score (nSPS) is 17.9. The van der Waals surface area contributed by atoms with Gasteiger partial charge in [0.2, 0.25) is 0 Å². The highest BCUT2D eigenvalue weighted by Gasteiger charge is 2.33. The van der Waals surface area contributed by atoms with Crippen LogP contribution in [0.3, 0.4) is 0 Å². The van der Waals surface area contributed by atoms with Crippen LogP contribution in [0, 0.1) is 0 Å². The first-order valence-electron chi connectivity index (χ1n) is 12.3. The van der Waals surface area contributed by atoms with Crippen molar-refractivity contribution >= 4 is 16.9 Å². The van der Waals surface area contributed by atoms with E-state index < -0.39 is 0 Å². The van der Waals surface area contributed by atoms with Crippen LogP contribution in [-0.2, 0) is 12.8 Å². The highest BCUT2D eigenvalue weighted by atomic mass is 16.3. The molecule has 0 radical (unpaired) electrons. The van der Waals surface area contributed by atoms with Gasteiger partial charge in [-0.1, -0.05) is 54.6 Å². The van der Waals surface area contributed by atoms with Gasteiger partial charge in [0, 0.05) is 17.3 Å². The van der Waals surface area contributed by atoms with Crippen molar-refractivity contribution in [2.75, 3.05) is 0 Å². The van der Waals surface area contributed by atoms with Crippen LogP contribution in [0.2, 0.25) is 0 Å². The maximum atomic E-state index is 13.6. The van der Waals surface area contributed by atoms with E-state index in [1.807, 2.05) is 42.5 Å². The van der Waals surface area contributed by atoms with Crippen molar-refractivity contribution in [2.24, 2.45) is 0 Å². The first kappa shape index (κ1) is 21.0. The van der Waals surface area contributed by atoms with Crippen LogP contribution in [0.4, 0.5) is 0 Å². The lowest BCUT2D eigenvalue weighted by Crippen LogP contribution is -2.30. The van der Waals surface area contributed by atoms with E-state index in [1.54, 1.807) is 12.4 Å². The molecule has 6 nitrogen and oxygen atoms in total. The molecule has 5 aromatic rings. The first-order chi connectivity index (χ1) is 17.7. The summed E-state index contributed by atoms with van der Waals surface area (Å²) in [5, 5.41) is 13.4. The maximum Gasteiger partial charge on any atom is 0.252 e. The Labute approximate surface area is 208 Å². The number of fused-ring (bicyclic) bond motifs is 5. The van der Waals surface area contributed by atoms with Crippen molar-refractivity contribution in [2.45, 2.75) is 31.4 Å². The van der Waals surface area contributed by atoms with Crippen LogP contribution in [0.15, 0.2) is 79.1 Å². The van der Waals surface area contributed by atoms with Gasteiger partial charge in [0.15, 0.2) is 0 Å². The van der Waals surface area contributed by atoms with Crippen molar-refractivity contribution in [1.82, 2.24) is 20.3 Å². The van der Waals surface area contributed by atoms with Crippen LogP contribution < -0.4 is 5.32 Å². The fourth-order valence-corrected chi connectivity index (χ4v) is 5.80. The zero-order valence-corrected chi connectivity index (χ0v) is 19.5. The lowest BCUT2D eigenvalue weighted by atomic mass is 9.86. The molecule has 7 rings (SSSR count). The highest BCUT2D eigenvalue weighted by Crippen LogP contribution is 2.47. The van der Waals surface area contributed by atoms with Gasteiger partial charge in [-0.25, -0.2) is 4.98 Å². The average molecular weight is 473 g/mol. The molecule has 0 saturated heterocycles. The second-order valence-corrected chi connectivity index (χ2v) is 9.58. The molecule has 36 heavy (non-hydrogen) atoms. The van der Waals surface area contributed by atoms with E-state index in [2.05, 4.69) is 39.6 Å². The fraction of sp³-hybridized carbons (Fsp3) is 0.167. The van der Waals surface area contributed by atoms with Crippen molar-refractivity contribution < 1.29 is 9.90 Å². The Balaban J connectivity index is 1.32. The molecule has 2 heterocycles. The van der Waals surface area contributed by atoms with E-state index in [4.69, 9.17) is 4.98 Å². The number of aromatic nitrogens is 3. The predicted octanol–water partition coefficient (Wildman–Crippen LogP) is 4.97. The predicted molar refractivity (Wildman–Crippen MR) is 139 cm³/mol. The number of carbonyl (C=O) groups excluding carboxylic acids is 1. The summed E-state index contributed by atoms with van der Waals surface area (Å²) in [5.74, 6) is 0.698. The Bertz CT molecular complexity index is 1620. The molecule has 3 aromatic carbocycles. The maximum absolute atomic E-state index is 13.6. The number of hydrogen-bond acceptors (Lipinski definition) is 4. The molecule has 176 valence electrons. The summed E-state index contributed by atoms with van der Waals surface area (Å²) < 4.78 is 0. The second kappa shape index (κ2) is 8.14. The molecule has 0 saturated carbocycles. The smallest absolute Gasteiger partial charge is 0.252 e. The number of pyridine rings is 1. The third-order valence-corrected chi connectivity index (χ3v) is 7.46. The Kier molecular flexibility index (Phi) is 4.75. The third-order valence-electron chi connectivity index (χ3n) is 7.46. The first-order valence-corrected chi connectivity index (χ1v) is 12.3. The minimum absolute atomic E-state index is 0.0869. The molecular weight excluding hydrogens is 448 g/mol. The van der Waals surface area contributed by atoms with E-state index in [-0.39, 0.29) is 18.1 Å². The SMILES string of the molecule is O=C(NC1c2ccccc2-c2c(-c3nc4ccncc4[nH]3)cccc21)c1cccc2c1CCC(O)C2. The average Bonchev–Trinajstić information content (AvgIpc) is 3.48. The lowest BCUT2D eigenvalue weighted by molar-refractivity contribution is 0.0940. The summed E-state index contributed by atoms with van der Waals surface area (Å²) in [6.45, 7) is 0. The van der Waals surface area contributed by atoms with E-state index in [9.17, 15) is 9.90 Å². The van der Waals surface area contributed by atoms with Crippen LogP contribution >= 0.6 is 0 Å². The summed E-state index contributed by atoms with van der Waals surface area (Å²) >= 11 is 0. The standard InChI is InChI=1S/C30H24N4O2/c35-18-11-12-19-17(15-18)5-3-8-22(19)30(36)34-28-21-7-2-1-6-20(21)27-23(28)9-4-10-24(27)29-32-25-13-14-31-16-26(25)33-29/h1-10,13-14,16,18,28,35H,11-12,15H2,(H,32,33)(H,34,36). The van der Waals surface area contributed by atoms with Crippen LogP contribution in [0.5, 0.6) is 0 Å². The van der Waals surface area contributed by atoms with Gasteiger partial charge in [0.25, 0.3) is 5.91 Å². The van der Waals surface area contributed by atoms with E-state index >= 15 is 0 Å². The van der Waals surface area contributed by atoms with Gasteiger partial charge in [-0.05, 0) is 64.8 Å². The van der Waals surface area contributed by atoms with E-state index in [0.717, 1.165) is 55.8 Å². The Morgan fingerprint density at radius 3 is 2.72 bits per heavy atom. The number of imidazole rings is 1. The number of carbonyl (C=O) groups is 1. The summed E-state index contributed by atoms with van der Waals surface area (Å²) in [7, 11) is 0. The van der Waals surface area contributed by atoms with Crippen molar-refractivity contribution in [3.05, 3.63) is 107 Å². The number of rotatable bonds is 3. The zero-order valence-electron chi connectivity index (χ0n) is 19.5. The van der Waals surface area contributed by atoms with E-state index in [0.29, 0.717) is 24.8 Å². The molecule has 3 N–H and O–H groups in total. The number of H-pyrrole nitrogens is 1. The molecule has 0 bridgehead atoms. The Morgan fingerprint density at radius 2 is 1.81 bits per heavy atom. The number of hydrogen-bond donors (Lipinski definition) is 3. The van der Waals surface area contributed by atoms with Crippen molar-refractivity contribution in [3.63, 3.8) is 0 Å². The molecule has 0 aliphatic heterocycles. The molecule has 2 aliphatic rings. The number of amides is 1. The highest BCUT2D eigenvalue weighted by molar-refractivity contribution is 5.98. The van der Waals surface area contributed by atoms with Crippen molar-refractivity contribution in [3.8, 4) is 22.5 Å². The number of nitrogens with zero attached hydrogens (tertiary/aromatic N) is 2. The molecule has 2 aliphatic carbocycles. The summed E-state index contributed by atoms with van der Waals surface area (Å²) in [6.07, 6.45) is 5.18. The molecule has 2 atom stereocenters. The Morgan fingerprint density at radius 1 is 0.972 bits per heavy atom. The summed E-state index contributed by atoms with van der Waals surface area (Å²) in [6, 6.07) is 21.9. The molecular formula is C30H24N4O2. The van der Waals surface area contributed by atoms with Crippen LogP contribution in [0.25, 0.3) is 33.5 Å². The molecule has 6 heteroatoms. The minimum Gasteiger partial charge on any atom is -0.393 e. The van der Waals surface area contributed by atoms with E-state index in [1.165, 1.54) is 0 Å². The summed E-state index contributed by atoms with van der Waals surface area (Å²) in [4.78, 5) is 26.1. The summed E-state index contributed by atoms with van der Waals surface area (Å²) in [5.41, 5.74) is 9.89. The largest absolute Gasteiger partial charge is 0.393 e. The topological polar surface area (TPSA) is 90.9 Å². The van der Waals surface area contributed by atoms with Gasteiger partial charge in [-0.2, -0.15) is 0 Å². The zero-order chi connectivity index (χ0) is 24.2. The number of nitrogens with one attached hydrogen (secondary N) is 2. The number of aromatic amines is 1. The molecule has 1 amide bonds. The van der Waals surface area contributed by atoms with Gasteiger partial charge >= 0.3 is 0 Å². The molecule has 0 fully saturated rings. The van der Waals surface area contributed by atoms with Gasteiger partial charge in [-0.15, -0.1) is 0 Å². The number of aliphatic hydroxyl groups excluding tert-OH is 1. The fourth-order valence-electron chi connectivity index (χ4n) is 5.80. The molecule has 2 aromatic heterocycles. The quantitative estimate of drug-likeness (QED) is 0.346. The van der Waals surface area contributed by atoms with Crippen molar-refractivity contribution in [1.29, 1.82) is 0 Å². The van der Waals surface area contributed by atoms with Crippen LogP contribution in [0.1, 0.15) is 45.1 Å². The van der Waals surface area contributed by atoms with Crippen LogP contribution in [-0.4, -0.2) is 32.1 Å². The third kappa shape index (κ3) is 3.26. The van der Waals surface area contributed by atoms with Gasteiger partial charge in [0.1, 0.15) is 5.82 Å². The Hall–Kier alpha value is -4.29. The van der Waals surface area contributed by atoms with Gasteiger partial charge in [-0.3, -0.25) is 9.78 Å².